The fourth-order valence-electron chi connectivity index (χ4n) is 0.167. The van der Waals surface area contributed by atoms with Gasteiger partial charge in [-0.25, -0.2) is 0 Å². The zero-order chi connectivity index (χ0) is 4.12. The fraction of sp³-hybridized carbons (Fsp3) is 0.750. The predicted octanol–water partition coefficient (Wildman–Crippen LogP) is 0.907. The minimum atomic E-state index is 1.04. The molecule has 0 spiro atoms. The van der Waals surface area contributed by atoms with Crippen molar-refractivity contribution in [2.75, 3.05) is 0 Å². The molecule has 0 aliphatic carbocycles. The minimum absolute atomic E-state index is 1.04. The van der Waals surface area contributed by atoms with E-state index in [9.17, 15) is 0 Å². The van der Waals surface area contributed by atoms with Gasteiger partial charge in [0.2, 0.25) is 0 Å². The monoisotopic (exact) mass is 72.1 g/mol. The van der Waals surface area contributed by atoms with Crippen LogP contribution in [-0.2, 0) is 0 Å². The molecule has 0 atom stereocenters. The average Bonchev–Trinajstić information content (AvgIpc) is 1.41. The highest BCUT2D eigenvalue weighted by molar-refractivity contribution is 4.47. The van der Waals surface area contributed by atoms with Crippen molar-refractivity contribution in [2.45, 2.75) is 19.8 Å². The number of hydrogen-bond acceptors (Lipinski definition) is 1. The van der Waals surface area contributed by atoms with Gasteiger partial charge in [-0.3, -0.25) is 0 Å². The van der Waals surface area contributed by atoms with Crippen molar-refractivity contribution in [2.24, 2.45) is 5.73 Å². The molecular weight excluding hydrogens is 62.1 g/mol. The van der Waals surface area contributed by atoms with E-state index in [2.05, 4.69) is 6.92 Å². The van der Waals surface area contributed by atoms with Gasteiger partial charge < -0.3 is 5.73 Å². The Morgan fingerprint density at radius 2 is 2.40 bits per heavy atom. The SMILES string of the molecule is CCC[CH]N. The summed E-state index contributed by atoms with van der Waals surface area (Å²) < 4.78 is 0. The summed E-state index contributed by atoms with van der Waals surface area (Å²) in [6.45, 7) is 3.78. The van der Waals surface area contributed by atoms with E-state index < -0.39 is 0 Å². The predicted molar refractivity (Wildman–Crippen MR) is 23.4 cm³/mol. The zero-order valence-electron chi connectivity index (χ0n) is 3.57. The Morgan fingerprint density at radius 3 is 2.40 bits per heavy atom. The van der Waals surface area contributed by atoms with E-state index in [1.54, 1.807) is 6.54 Å². The highest BCUT2D eigenvalue weighted by atomic mass is 14.5. The molecule has 0 aromatic heterocycles. The Balaban J connectivity index is 2.19. The first-order chi connectivity index (χ1) is 2.41. The van der Waals surface area contributed by atoms with Crippen LogP contribution < -0.4 is 5.73 Å². The maximum atomic E-state index is 5.01. The Bertz CT molecular complexity index is 11.1. The van der Waals surface area contributed by atoms with Gasteiger partial charge in [0, 0.05) is 6.54 Å². The van der Waals surface area contributed by atoms with Crippen LogP contribution in [0.15, 0.2) is 0 Å². The second-order valence-electron chi connectivity index (χ2n) is 1.02. The lowest BCUT2D eigenvalue weighted by molar-refractivity contribution is 0.887. The molecule has 5 heavy (non-hydrogen) atoms. The summed E-state index contributed by atoms with van der Waals surface area (Å²) in [4.78, 5) is 0. The molecule has 1 nitrogen and oxygen atoms in total. The molecule has 0 bridgehead atoms. The van der Waals surface area contributed by atoms with Crippen LogP contribution >= 0.6 is 0 Å². The molecule has 31 valence electrons. The number of rotatable bonds is 2. The van der Waals surface area contributed by atoms with Crippen molar-refractivity contribution in [1.82, 2.24) is 0 Å². The van der Waals surface area contributed by atoms with Crippen molar-refractivity contribution in [3.05, 3.63) is 6.54 Å². The lowest BCUT2D eigenvalue weighted by Gasteiger charge is -1.79. The van der Waals surface area contributed by atoms with Crippen LogP contribution in [0.2, 0.25) is 0 Å². The standard InChI is InChI=1S/C4H10N/c1-2-3-4-5/h4H,2-3,5H2,1H3. The van der Waals surface area contributed by atoms with Crippen LogP contribution in [-0.4, -0.2) is 0 Å². The summed E-state index contributed by atoms with van der Waals surface area (Å²) in [7, 11) is 0. The highest BCUT2D eigenvalue weighted by Crippen LogP contribution is 1.81. The van der Waals surface area contributed by atoms with E-state index in [1.807, 2.05) is 0 Å². The first-order valence-electron chi connectivity index (χ1n) is 1.95. The van der Waals surface area contributed by atoms with Crippen LogP contribution in [0.3, 0.4) is 0 Å². The van der Waals surface area contributed by atoms with Crippen LogP contribution in [0.4, 0.5) is 0 Å². The molecule has 0 fully saturated rings. The maximum absolute atomic E-state index is 5.01. The van der Waals surface area contributed by atoms with Gasteiger partial charge in [0.05, 0.1) is 0 Å². The van der Waals surface area contributed by atoms with Crippen molar-refractivity contribution in [3.8, 4) is 0 Å². The van der Waals surface area contributed by atoms with E-state index in [1.165, 1.54) is 0 Å². The number of unbranched alkanes of at least 4 members (excludes halogenated alkanes) is 1. The average molecular weight is 72.1 g/mol. The fourth-order valence-corrected chi connectivity index (χ4v) is 0.167. The molecule has 0 amide bonds. The molecule has 0 saturated heterocycles. The van der Waals surface area contributed by atoms with E-state index in [0.29, 0.717) is 0 Å². The van der Waals surface area contributed by atoms with Gasteiger partial charge in [-0.1, -0.05) is 13.3 Å². The molecule has 0 aromatic carbocycles. The Labute approximate surface area is 33.2 Å². The van der Waals surface area contributed by atoms with Crippen molar-refractivity contribution >= 4 is 0 Å². The molecule has 0 aliphatic heterocycles. The molecule has 0 unspecified atom stereocenters. The van der Waals surface area contributed by atoms with Crippen molar-refractivity contribution in [1.29, 1.82) is 0 Å². The van der Waals surface area contributed by atoms with Gasteiger partial charge in [-0.15, -0.1) is 0 Å². The molecule has 0 aliphatic rings. The van der Waals surface area contributed by atoms with Gasteiger partial charge in [0.25, 0.3) is 0 Å². The van der Waals surface area contributed by atoms with Crippen molar-refractivity contribution < 1.29 is 0 Å². The third-order valence-electron chi connectivity index (χ3n) is 0.455. The van der Waals surface area contributed by atoms with E-state index in [4.69, 9.17) is 5.73 Å². The van der Waals surface area contributed by atoms with Gasteiger partial charge in [-0.05, 0) is 6.42 Å². The van der Waals surface area contributed by atoms with Gasteiger partial charge in [-0.2, -0.15) is 0 Å². The molecule has 0 aromatic rings. The molecule has 0 rings (SSSR count). The summed E-state index contributed by atoms with van der Waals surface area (Å²) in [5.41, 5.74) is 5.01. The van der Waals surface area contributed by atoms with Crippen LogP contribution in [0, 0.1) is 6.54 Å². The van der Waals surface area contributed by atoms with Gasteiger partial charge in [0.15, 0.2) is 0 Å². The molecule has 1 radical (unpaired) electrons. The Kier molecular flexibility index (Phi) is 3.93. The molecule has 1 heteroatoms. The number of hydrogen-bond donors (Lipinski definition) is 1. The summed E-state index contributed by atoms with van der Waals surface area (Å²) in [6, 6.07) is 0. The van der Waals surface area contributed by atoms with Crippen LogP contribution in [0.5, 0.6) is 0 Å². The van der Waals surface area contributed by atoms with Gasteiger partial charge in [0.1, 0.15) is 0 Å². The first kappa shape index (κ1) is 4.96. The van der Waals surface area contributed by atoms with E-state index in [0.717, 1.165) is 12.8 Å². The van der Waals surface area contributed by atoms with Crippen molar-refractivity contribution in [3.63, 3.8) is 0 Å². The summed E-state index contributed by atoms with van der Waals surface area (Å²) in [5, 5.41) is 0. The molecule has 2 N–H and O–H groups in total. The Morgan fingerprint density at radius 1 is 1.80 bits per heavy atom. The largest absolute Gasteiger partial charge is 0.326 e. The molecule has 0 saturated carbocycles. The molecule has 0 heterocycles. The maximum Gasteiger partial charge on any atom is 0.0192 e. The second-order valence-corrected chi connectivity index (χ2v) is 1.02. The zero-order valence-corrected chi connectivity index (χ0v) is 3.57. The van der Waals surface area contributed by atoms with Crippen LogP contribution in [0.25, 0.3) is 0 Å². The molecular formula is C4H10N. The first-order valence-corrected chi connectivity index (χ1v) is 1.95. The topological polar surface area (TPSA) is 26.0 Å². The highest BCUT2D eigenvalue weighted by Gasteiger charge is 1.68. The van der Waals surface area contributed by atoms with Gasteiger partial charge >= 0.3 is 0 Å². The summed E-state index contributed by atoms with van der Waals surface area (Å²) in [6.07, 6.45) is 2.20. The second kappa shape index (κ2) is 3.96. The van der Waals surface area contributed by atoms with E-state index >= 15 is 0 Å². The third-order valence-corrected chi connectivity index (χ3v) is 0.455. The minimum Gasteiger partial charge on any atom is -0.326 e. The van der Waals surface area contributed by atoms with Crippen LogP contribution in [0.1, 0.15) is 19.8 Å². The summed E-state index contributed by atoms with van der Waals surface area (Å²) in [5.74, 6) is 0. The lowest BCUT2D eigenvalue weighted by atomic mass is 10.3. The lowest BCUT2D eigenvalue weighted by Crippen LogP contribution is -1.86. The summed E-state index contributed by atoms with van der Waals surface area (Å²) >= 11 is 0. The Hall–Kier alpha value is -0.0400. The van der Waals surface area contributed by atoms with E-state index in [-0.39, 0.29) is 0 Å². The third kappa shape index (κ3) is 3.96. The normalized spacial score (nSPS) is 8.40. The smallest absolute Gasteiger partial charge is 0.0192 e. The quantitative estimate of drug-likeness (QED) is 0.515. The number of nitrogens with two attached hydrogens (primary N) is 1.